The Morgan fingerprint density at radius 2 is 1.06 bits per heavy atom. The monoisotopic (exact) mass is 643 g/mol. The van der Waals surface area contributed by atoms with E-state index in [1.54, 1.807) is 0 Å². The van der Waals surface area contributed by atoms with Crippen LogP contribution in [0.15, 0.2) is 164 Å². The highest BCUT2D eigenvalue weighted by Crippen LogP contribution is 2.51. The molecule has 0 amide bonds. The van der Waals surface area contributed by atoms with Gasteiger partial charge in [-0.1, -0.05) is 129 Å². The molecule has 0 aliphatic heterocycles. The Hall–Kier alpha value is -5.70. The van der Waals surface area contributed by atoms with Crippen molar-refractivity contribution in [3.63, 3.8) is 0 Å². The summed E-state index contributed by atoms with van der Waals surface area (Å²) in [4.78, 5) is 2.46. The lowest BCUT2D eigenvalue weighted by molar-refractivity contribution is 0.660. The molecule has 0 spiro atoms. The van der Waals surface area contributed by atoms with Gasteiger partial charge in [-0.3, -0.25) is 0 Å². The predicted octanol–water partition coefficient (Wildman–Crippen LogP) is 13.8. The molecule has 0 atom stereocenters. The molecule has 2 heteroatoms. The number of anilines is 3. The van der Waals surface area contributed by atoms with E-state index in [-0.39, 0.29) is 5.41 Å². The lowest BCUT2D eigenvalue weighted by atomic mass is 9.82. The molecule has 1 aliphatic rings. The minimum atomic E-state index is -0.0924. The molecule has 0 bridgehead atoms. The van der Waals surface area contributed by atoms with Gasteiger partial charge in [0.25, 0.3) is 0 Å². The van der Waals surface area contributed by atoms with Crippen molar-refractivity contribution in [2.24, 2.45) is 0 Å². The van der Waals surface area contributed by atoms with Crippen LogP contribution in [0.3, 0.4) is 0 Å². The van der Waals surface area contributed by atoms with E-state index >= 15 is 0 Å². The quantitative estimate of drug-likeness (QED) is 0.184. The second-order valence-electron chi connectivity index (χ2n) is 13.8. The molecule has 10 rings (SSSR count). The van der Waals surface area contributed by atoms with Crippen LogP contribution in [0.5, 0.6) is 0 Å². The molecule has 0 unspecified atom stereocenters. The van der Waals surface area contributed by atoms with Crippen LogP contribution in [-0.4, -0.2) is 0 Å². The molecule has 232 valence electrons. The van der Waals surface area contributed by atoms with Crippen LogP contribution in [0.2, 0.25) is 0 Å². The minimum absolute atomic E-state index is 0.0924. The summed E-state index contributed by atoms with van der Waals surface area (Å²) in [5, 5.41) is 7.76. The standard InChI is InChI=1S/C47H33NS/c1-47(2)42-20-8-7-18-39(42)40-24-22-35(29-43(40)47)48(33-15-9-14-32(27-33)37-19-10-13-30-11-3-5-16-36(30)37)34-23-26-44-41(28-34)46-38-17-6-4-12-31(38)21-25-45(46)49-44/h3-29H,1-2H3. The maximum absolute atomic E-state index is 2.46. The zero-order valence-electron chi connectivity index (χ0n) is 27.4. The Kier molecular flexibility index (Phi) is 6.16. The molecular formula is C47H33NS. The van der Waals surface area contributed by atoms with Gasteiger partial charge in [-0.25, -0.2) is 0 Å². The van der Waals surface area contributed by atoms with Gasteiger partial charge in [0.05, 0.1) is 0 Å². The third kappa shape index (κ3) is 4.31. The number of fused-ring (bicyclic) bond motifs is 9. The van der Waals surface area contributed by atoms with E-state index in [0.717, 1.165) is 11.4 Å². The highest BCUT2D eigenvalue weighted by molar-refractivity contribution is 7.26. The van der Waals surface area contributed by atoms with Crippen LogP contribution in [0.1, 0.15) is 25.0 Å². The van der Waals surface area contributed by atoms with Crippen molar-refractivity contribution in [1.29, 1.82) is 0 Å². The number of thiophene rings is 1. The molecule has 0 radical (unpaired) electrons. The average molecular weight is 644 g/mol. The van der Waals surface area contributed by atoms with E-state index in [1.165, 1.54) is 80.8 Å². The zero-order valence-corrected chi connectivity index (χ0v) is 28.3. The Labute approximate surface area is 290 Å². The molecule has 1 heterocycles. The lowest BCUT2D eigenvalue weighted by Crippen LogP contribution is -2.16. The molecular weight excluding hydrogens is 611 g/mol. The molecule has 1 nitrogen and oxygen atoms in total. The molecule has 1 aromatic heterocycles. The summed E-state index contributed by atoms with van der Waals surface area (Å²) in [7, 11) is 0. The summed E-state index contributed by atoms with van der Waals surface area (Å²) in [6, 6.07) is 60.7. The normalized spacial score (nSPS) is 13.3. The summed E-state index contributed by atoms with van der Waals surface area (Å²) in [5.41, 5.74) is 11.3. The van der Waals surface area contributed by atoms with Crippen LogP contribution < -0.4 is 4.90 Å². The molecule has 8 aromatic carbocycles. The van der Waals surface area contributed by atoms with Crippen molar-refractivity contribution < 1.29 is 0 Å². The molecule has 0 N–H and O–H groups in total. The Morgan fingerprint density at radius 1 is 0.429 bits per heavy atom. The molecule has 9 aromatic rings. The van der Waals surface area contributed by atoms with Gasteiger partial charge >= 0.3 is 0 Å². The van der Waals surface area contributed by atoms with E-state index < -0.39 is 0 Å². The maximum Gasteiger partial charge on any atom is 0.0468 e. The summed E-state index contributed by atoms with van der Waals surface area (Å²) in [5.74, 6) is 0. The van der Waals surface area contributed by atoms with Crippen molar-refractivity contribution in [2.75, 3.05) is 4.90 Å². The van der Waals surface area contributed by atoms with Crippen molar-refractivity contribution in [3.8, 4) is 22.3 Å². The summed E-state index contributed by atoms with van der Waals surface area (Å²) in [6.07, 6.45) is 0. The van der Waals surface area contributed by atoms with Gasteiger partial charge in [0.15, 0.2) is 0 Å². The van der Waals surface area contributed by atoms with Crippen LogP contribution in [0.25, 0.3) is 64.0 Å². The second-order valence-corrected chi connectivity index (χ2v) is 14.8. The highest BCUT2D eigenvalue weighted by atomic mass is 32.1. The third-order valence-electron chi connectivity index (χ3n) is 10.6. The van der Waals surface area contributed by atoms with Gasteiger partial charge in [-0.05, 0) is 103 Å². The van der Waals surface area contributed by atoms with Gasteiger partial charge in [0.2, 0.25) is 0 Å². The summed E-state index contributed by atoms with van der Waals surface area (Å²) < 4.78 is 2.64. The molecule has 0 fully saturated rings. The maximum atomic E-state index is 2.46. The smallest absolute Gasteiger partial charge is 0.0468 e. The first-order valence-electron chi connectivity index (χ1n) is 17.0. The first-order valence-corrected chi connectivity index (χ1v) is 17.8. The first kappa shape index (κ1) is 28.3. The summed E-state index contributed by atoms with van der Waals surface area (Å²) in [6.45, 7) is 4.73. The SMILES string of the molecule is CC1(C)c2ccccc2-c2ccc(N(c3cccc(-c4cccc5ccccc45)c3)c3ccc4sc5ccc6ccccc6c5c4c3)cc21. The third-order valence-corrected chi connectivity index (χ3v) is 11.8. The van der Waals surface area contributed by atoms with Crippen LogP contribution in [-0.2, 0) is 5.41 Å². The van der Waals surface area contributed by atoms with Crippen LogP contribution >= 0.6 is 11.3 Å². The fraction of sp³-hybridized carbons (Fsp3) is 0.0638. The fourth-order valence-corrected chi connectivity index (χ4v) is 9.34. The topological polar surface area (TPSA) is 3.24 Å². The van der Waals surface area contributed by atoms with E-state index in [9.17, 15) is 0 Å². The van der Waals surface area contributed by atoms with Gasteiger partial charge < -0.3 is 4.90 Å². The van der Waals surface area contributed by atoms with E-state index in [0.29, 0.717) is 0 Å². The Bertz CT molecular complexity index is 2760. The van der Waals surface area contributed by atoms with Crippen molar-refractivity contribution in [2.45, 2.75) is 19.3 Å². The Balaban J connectivity index is 1.21. The van der Waals surface area contributed by atoms with Crippen molar-refractivity contribution in [1.82, 2.24) is 0 Å². The molecule has 49 heavy (non-hydrogen) atoms. The van der Waals surface area contributed by atoms with Gasteiger partial charge in [0, 0.05) is 42.6 Å². The number of nitrogens with zero attached hydrogens (tertiary/aromatic N) is 1. The van der Waals surface area contributed by atoms with E-state index in [1.807, 2.05) is 11.3 Å². The first-order chi connectivity index (χ1) is 24.0. The van der Waals surface area contributed by atoms with Gasteiger partial charge in [-0.2, -0.15) is 0 Å². The molecule has 1 aliphatic carbocycles. The van der Waals surface area contributed by atoms with Crippen LogP contribution in [0, 0.1) is 0 Å². The van der Waals surface area contributed by atoms with E-state index in [4.69, 9.17) is 0 Å². The zero-order chi connectivity index (χ0) is 32.7. The number of benzene rings is 8. The largest absolute Gasteiger partial charge is 0.310 e. The van der Waals surface area contributed by atoms with Crippen molar-refractivity contribution >= 4 is 70.1 Å². The van der Waals surface area contributed by atoms with Gasteiger partial charge in [-0.15, -0.1) is 11.3 Å². The number of hydrogen-bond donors (Lipinski definition) is 0. The van der Waals surface area contributed by atoms with E-state index in [2.05, 4.69) is 183 Å². The van der Waals surface area contributed by atoms with Crippen molar-refractivity contribution in [3.05, 3.63) is 175 Å². The minimum Gasteiger partial charge on any atom is -0.310 e. The molecule has 0 saturated carbocycles. The molecule has 0 saturated heterocycles. The summed E-state index contributed by atoms with van der Waals surface area (Å²) >= 11 is 1.88. The number of hydrogen-bond acceptors (Lipinski definition) is 2. The average Bonchev–Trinajstić information content (AvgIpc) is 3.63. The Morgan fingerprint density at radius 3 is 1.96 bits per heavy atom. The highest BCUT2D eigenvalue weighted by Gasteiger charge is 2.35. The second kappa shape index (κ2) is 10.7. The number of rotatable bonds is 4. The van der Waals surface area contributed by atoms with Crippen LogP contribution in [0.4, 0.5) is 17.1 Å². The fourth-order valence-electron chi connectivity index (χ4n) is 8.24. The lowest BCUT2D eigenvalue weighted by Gasteiger charge is -2.28. The predicted molar refractivity (Wildman–Crippen MR) is 212 cm³/mol. The van der Waals surface area contributed by atoms with Gasteiger partial charge in [0.1, 0.15) is 0 Å².